The van der Waals surface area contributed by atoms with E-state index in [1.54, 1.807) is 0 Å². The number of nitrogens with one attached hydrogen (secondary N) is 1. The number of rotatable bonds is 2. The summed E-state index contributed by atoms with van der Waals surface area (Å²) in [6.45, 7) is 5.64. The number of nitrogens with zero attached hydrogens (tertiary/aromatic N) is 1. The molecule has 0 amide bonds. The maximum atomic E-state index is 6.33. The van der Waals surface area contributed by atoms with E-state index in [-0.39, 0.29) is 0 Å². The lowest BCUT2D eigenvalue weighted by Crippen LogP contribution is -2.52. The van der Waals surface area contributed by atoms with Crippen LogP contribution in [0.2, 0.25) is 5.02 Å². The van der Waals surface area contributed by atoms with Gasteiger partial charge in [-0.05, 0) is 44.5 Å². The molecule has 1 aliphatic heterocycles. The van der Waals surface area contributed by atoms with E-state index in [0.29, 0.717) is 18.0 Å². The highest BCUT2D eigenvalue weighted by Crippen LogP contribution is 2.35. The number of benzene rings is 1. The Morgan fingerprint density at radius 3 is 2.78 bits per heavy atom. The molecule has 1 aromatic rings. The molecule has 1 heterocycles. The molecule has 3 unspecified atom stereocenters. The van der Waals surface area contributed by atoms with E-state index in [1.165, 1.54) is 0 Å². The topological polar surface area (TPSA) is 15.3 Å². The van der Waals surface area contributed by atoms with Crippen molar-refractivity contribution in [3.8, 4) is 0 Å². The molecule has 2 nitrogen and oxygen atoms in total. The number of halogens is 2. The molecular formula is C14H20BrClN2. The van der Waals surface area contributed by atoms with Crippen molar-refractivity contribution in [3.05, 3.63) is 27.7 Å². The molecule has 18 heavy (non-hydrogen) atoms. The van der Waals surface area contributed by atoms with E-state index >= 15 is 0 Å². The summed E-state index contributed by atoms with van der Waals surface area (Å²) in [7, 11) is 2.05. The first-order chi connectivity index (χ1) is 8.54. The molecule has 4 heteroatoms. The third-order valence-electron chi connectivity index (χ3n) is 4.16. The zero-order valence-corrected chi connectivity index (χ0v) is 13.4. The van der Waals surface area contributed by atoms with Gasteiger partial charge in [0.15, 0.2) is 0 Å². The third kappa shape index (κ3) is 2.68. The van der Waals surface area contributed by atoms with Crippen molar-refractivity contribution in [1.29, 1.82) is 0 Å². The molecule has 0 aliphatic carbocycles. The molecule has 0 aromatic heterocycles. The first-order valence-electron chi connectivity index (χ1n) is 6.43. The van der Waals surface area contributed by atoms with Crippen LogP contribution in [0.1, 0.15) is 20.3 Å². The molecule has 1 N–H and O–H groups in total. The van der Waals surface area contributed by atoms with Gasteiger partial charge in [-0.3, -0.25) is 0 Å². The van der Waals surface area contributed by atoms with Crippen molar-refractivity contribution in [3.63, 3.8) is 0 Å². The van der Waals surface area contributed by atoms with Crippen LogP contribution < -0.4 is 10.2 Å². The highest BCUT2D eigenvalue weighted by Gasteiger charge is 2.32. The normalized spacial score (nSPS) is 28.5. The van der Waals surface area contributed by atoms with Crippen molar-refractivity contribution < 1.29 is 0 Å². The van der Waals surface area contributed by atoms with Gasteiger partial charge in [-0.25, -0.2) is 0 Å². The molecular weight excluding hydrogens is 312 g/mol. The highest BCUT2D eigenvalue weighted by atomic mass is 79.9. The monoisotopic (exact) mass is 330 g/mol. The molecule has 1 aromatic carbocycles. The summed E-state index contributed by atoms with van der Waals surface area (Å²) >= 11 is 9.86. The average molecular weight is 332 g/mol. The van der Waals surface area contributed by atoms with Crippen molar-refractivity contribution in [2.75, 3.05) is 18.5 Å². The van der Waals surface area contributed by atoms with Gasteiger partial charge in [-0.1, -0.05) is 34.5 Å². The van der Waals surface area contributed by atoms with E-state index in [9.17, 15) is 0 Å². The number of anilines is 1. The lowest BCUT2D eigenvalue weighted by molar-refractivity contribution is 0.283. The minimum Gasteiger partial charge on any atom is -0.367 e. The number of piperidine rings is 1. The molecule has 0 spiro atoms. The Hall–Kier alpha value is -0.250. The Morgan fingerprint density at radius 1 is 1.39 bits per heavy atom. The Labute approximate surface area is 123 Å². The van der Waals surface area contributed by atoms with Gasteiger partial charge in [0.1, 0.15) is 0 Å². The summed E-state index contributed by atoms with van der Waals surface area (Å²) < 4.78 is 1.08. The van der Waals surface area contributed by atoms with Gasteiger partial charge in [0.2, 0.25) is 0 Å². The van der Waals surface area contributed by atoms with Crippen LogP contribution in [-0.2, 0) is 0 Å². The minimum atomic E-state index is 0.489. The molecule has 0 radical (unpaired) electrons. The molecule has 1 fully saturated rings. The smallest absolute Gasteiger partial charge is 0.0640 e. The van der Waals surface area contributed by atoms with E-state index < -0.39 is 0 Å². The summed E-state index contributed by atoms with van der Waals surface area (Å²) in [4.78, 5) is 2.42. The van der Waals surface area contributed by atoms with Crippen molar-refractivity contribution >= 4 is 33.2 Å². The fourth-order valence-electron chi connectivity index (χ4n) is 2.82. The Kier molecular flexibility index (Phi) is 4.57. The second-order valence-corrected chi connectivity index (χ2v) is 6.40. The quantitative estimate of drug-likeness (QED) is 0.883. The maximum absolute atomic E-state index is 6.33. The molecule has 3 atom stereocenters. The van der Waals surface area contributed by atoms with Gasteiger partial charge >= 0.3 is 0 Å². The van der Waals surface area contributed by atoms with Crippen LogP contribution >= 0.6 is 27.5 Å². The summed E-state index contributed by atoms with van der Waals surface area (Å²) in [5.41, 5.74) is 1.14. The van der Waals surface area contributed by atoms with E-state index in [0.717, 1.165) is 28.1 Å². The number of hydrogen-bond acceptors (Lipinski definition) is 2. The van der Waals surface area contributed by atoms with Crippen LogP contribution in [0.5, 0.6) is 0 Å². The van der Waals surface area contributed by atoms with Gasteiger partial charge in [0.05, 0.1) is 10.7 Å². The Morgan fingerprint density at radius 2 is 2.11 bits per heavy atom. The second kappa shape index (κ2) is 5.81. The fraction of sp³-hybridized carbons (Fsp3) is 0.571. The van der Waals surface area contributed by atoms with Crippen LogP contribution in [0.25, 0.3) is 0 Å². The second-order valence-electron chi connectivity index (χ2n) is 5.07. The van der Waals surface area contributed by atoms with Gasteiger partial charge in [0.25, 0.3) is 0 Å². The van der Waals surface area contributed by atoms with Gasteiger partial charge in [-0.2, -0.15) is 0 Å². The van der Waals surface area contributed by atoms with Crippen molar-refractivity contribution in [2.24, 2.45) is 5.92 Å². The van der Waals surface area contributed by atoms with Gasteiger partial charge in [0, 0.05) is 23.1 Å². The van der Waals surface area contributed by atoms with Gasteiger partial charge in [-0.15, -0.1) is 0 Å². The third-order valence-corrected chi connectivity index (χ3v) is 4.97. The molecule has 0 saturated carbocycles. The highest BCUT2D eigenvalue weighted by molar-refractivity contribution is 9.10. The zero-order valence-electron chi connectivity index (χ0n) is 11.1. The summed E-state index contributed by atoms with van der Waals surface area (Å²) in [6.07, 6.45) is 1.16. The van der Waals surface area contributed by atoms with Crippen LogP contribution in [0.15, 0.2) is 22.7 Å². The predicted molar refractivity (Wildman–Crippen MR) is 82.6 cm³/mol. The fourth-order valence-corrected chi connectivity index (χ4v) is 3.39. The van der Waals surface area contributed by atoms with E-state index in [1.807, 2.05) is 12.1 Å². The largest absolute Gasteiger partial charge is 0.367 e. The zero-order chi connectivity index (χ0) is 13.3. The predicted octanol–water partition coefficient (Wildman–Crippen LogP) is 3.93. The van der Waals surface area contributed by atoms with Crippen LogP contribution in [0.3, 0.4) is 0 Å². The molecule has 1 saturated heterocycles. The number of hydrogen-bond donors (Lipinski definition) is 1. The van der Waals surface area contributed by atoms with Crippen molar-refractivity contribution in [2.45, 2.75) is 32.4 Å². The Bertz CT molecular complexity index is 424. The first kappa shape index (κ1) is 14.2. The molecule has 0 bridgehead atoms. The Balaban J connectivity index is 2.26. The molecule has 1 aliphatic rings. The molecule has 100 valence electrons. The summed E-state index contributed by atoms with van der Waals surface area (Å²) in [6, 6.07) is 7.15. The van der Waals surface area contributed by atoms with E-state index in [2.05, 4.69) is 53.1 Å². The minimum absolute atomic E-state index is 0.489. The maximum Gasteiger partial charge on any atom is 0.0640 e. The SMILES string of the molecule is CNC1CCN(c2cc(Br)ccc2Cl)C(C)C1C. The van der Waals surface area contributed by atoms with Crippen molar-refractivity contribution in [1.82, 2.24) is 5.32 Å². The molecule has 2 rings (SSSR count). The lowest BCUT2D eigenvalue weighted by atomic mass is 9.87. The standard InChI is InChI=1S/C14H20BrClN2/c1-9-10(2)18(7-6-13(9)17-3)14-8-11(15)4-5-12(14)16/h4-5,8-10,13,17H,6-7H2,1-3H3. The van der Waals surface area contributed by atoms with Crippen LogP contribution in [-0.4, -0.2) is 25.7 Å². The van der Waals surface area contributed by atoms with E-state index in [4.69, 9.17) is 11.6 Å². The summed E-state index contributed by atoms with van der Waals surface area (Å²) in [5, 5.41) is 4.25. The lowest BCUT2D eigenvalue weighted by Gasteiger charge is -2.44. The average Bonchev–Trinajstić information content (AvgIpc) is 2.36. The first-order valence-corrected chi connectivity index (χ1v) is 7.60. The summed E-state index contributed by atoms with van der Waals surface area (Å²) in [5.74, 6) is 0.610. The van der Waals surface area contributed by atoms with Crippen LogP contribution in [0, 0.1) is 5.92 Å². The van der Waals surface area contributed by atoms with Crippen LogP contribution in [0.4, 0.5) is 5.69 Å². The van der Waals surface area contributed by atoms with Gasteiger partial charge < -0.3 is 10.2 Å².